The Morgan fingerprint density at radius 2 is 1.67 bits per heavy atom. The molecule has 0 saturated carbocycles. The summed E-state index contributed by atoms with van der Waals surface area (Å²) in [7, 11) is 0. The molecule has 30 heavy (non-hydrogen) atoms. The zero-order chi connectivity index (χ0) is 20.1. The molecule has 0 aromatic heterocycles. The highest BCUT2D eigenvalue weighted by Crippen LogP contribution is 2.37. The Labute approximate surface area is 185 Å². The van der Waals surface area contributed by atoms with Crippen molar-refractivity contribution in [2.24, 2.45) is 0 Å². The van der Waals surface area contributed by atoms with Crippen LogP contribution in [0, 0.1) is 0 Å². The second-order valence-electron chi connectivity index (χ2n) is 8.16. The van der Waals surface area contributed by atoms with Gasteiger partial charge in [-0.2, -0.15) is 0 Å². The summed E-state index contributed by atoms with van der Waals surface area (Å²) in [5.41, 5.74) is 5.69. The second-order valence-corrected chi connectivity index (χ2v) is 8.16. The monoisotopic (exact) mass is 426 g/mol. The number of benzene rings is 2. The molecule has 0 spiro atoms. The van der Waals surface area contributed by atoms with E-state index in [2.05, 4.69) is 35.6 Å². The number of nitrogens with zero attached hydrogens (tertiary/aromatic N) is 1. The van der Waals surface area contributed by atoms with E-state index in [1.165, 1.54) is 16.7 Å². The number of amides is 1. The zero-order valence-corrected chi connectivity index (χ0v) is 18.3. The molecule has 160 valence electrons. The van der Waals surface area contributed by atoms with E-state index in [0.717, 1.165) is 69.4 Å². The molecular formula is C25H31ClN2O2. The highest BCUT2D eigenvalue weighted by atomic mass is 35.5. The summed E-state index contributed by atoms with van der Waals surface area (Å²) < 4.78 is 0. The fourth-order valence-corrected chi connectivity index (χ4v) is 4.49. The van der Waals surface area contributed by atoms with Crippen molar-refractivity contribution < 1.29 is 9.59 Å². The van der Waals surface area contributed by atoms with Crippen molar-refractivity contribution in [3.05, 3.63) is 64.7 Å². The first kappa shape index (κ1) is 22.5. The Hall–Kier alpha value is -2.17. The van der Waals surface area contributed by atoms with E-state index in [1.54, 1.807) is 0 Å². The number of aryl methyl sites for hydroxylation is 2. The molecule has 2 aliphatic heterocycles. The van der Waals surface area contributed by atoms with Gasteiger partial charge in [-0.25, -0.2) is 0 Å². The molecule has 4 nitrogen and oxygen atoms in total. The van der Waals surface area contributed by atoms with E-state index in [9.17, 15) is 9.59 Å². The van der Waals surface area contributed by atoms with Crippen LogP contribution in [-0.2, 0) is 24.1 Å². The summed E-state index contributed by atoms with van der Waals surface area (Å²) in [6.07, 6.45) is 7.01. The Kier molecular flexibility index (Phi) is 8.06. The molecule has 0 aliphatic carbocycles. The van der Waals surface area contributed by atoms with Crippen molar-refractivity contribution in [1.29, 1.82) is 0 Å². The zero-order valence-electron chi connectivity index (χ0n) is 17.5. The van der Waals surface area contributed by atoms with Crippen LogP contribution in [0.4, 0.5) is 5.69 Å². The number of carbonyl (C=O) groups excluding carboxylic acids is 2. The minimum Gasteiger partial charge on any atom is -0.317 e. The smallest absolute Gasteiger partial charge is 0.227 e. The van der Waals surface area contributed by atoms with E-state index < -0.39 is 0 Å². The number of Topliss-reactive ketones (excluding diaryl/α,β-unsaturated/α-hetero) is 1. The summed E-state index contributed by atoms with van der Waals surface area (Å²) in [5.74, 6) is 0.468. The number of hydrogen-bond donors (Lipinski definition) is 1. The van der Waals surface area contributed by atoms with Crippen molar-refractivity contribution in [1.82, 2.24) is 5.32 Å². The van der Waals surface area contributed by atoms with E-state index in [-0.39, 0.29) is 24.1 Å². The second kappa shape index (κ2) is 10.7. The van der Waals surface area contributed by atoms with E-state index in [1.807, 2.05) is 17.0 Å². The molecule has 2 aromatic carbocycles. The predicted molar refractivity (Wildman–Crippen MR) is 124 cm³/mol. The summed E-state index contributed by atoms with van der Waals surface area (Å²) in [6.45, 7) is 2.76. The van der Waals surface area contributed by atoms with Crippen LogP contribution in [0.15, 0.2) is 42.5 Å². The third kappa shape index (κ3) is 5.30. The minimum atomic E-state index is 0. The first-order valence-corrected chi connectivity index (χ1v) is 11.0. The van der Waals surface area contributed by atoms with Crippen molar-refractivity contribution >= 4 is 29.8 Å². The Balaban J connectivity index is 0.00000256. The predicted octanol–water partition coefficient (Wildman–Crippen LogP) is 4.52. The third-order valence-electron chi connectivity index (χ3n) is 6.04. The van der Waals surface area contributed by atoms with Crippen molar-refractivity contribution in [2.75, 3.05) is 24.5 Å². The van der Waals surface area contributed by atoms with E-state index >= 15 is 0 Å². The maximum atomic E-state index is 12.7. The summed E-state index contributed by atoms with van der Waals surface area (Å²) in [5, 5.41) is 3.49. The lowest BCUT2D eigenvalue weighted by molar-refractivity contribution is -0.118. The van der Waals surface area contributed by atoms with Gasteiger partial charge in [0.1, 0.15) is 0 Å². The van der Waals surface area contributed by atoms with Crippen LogP contribution in [0.25, 0.3) is 0 Å². The van der Waals surface area contributed by atoms with Crippen molar-refractivity contribution in [3.8, 4) is 0 Å². The number of halogens is 1. The molecule has 1 amide bonds. The van der Waals surface area contributed by atoms with Gasteiger partial charge in [0.15, 0.2) is 5.78 Å². The molecule has 1 N–H and O–H groups in total. The molecule has 0 unspecified atom stereocenters. The molecule has 0 radical (unpaired) electrons. The van der Waals surface area contributed by atoms with Gasteiger partial charge in [0.25, 0.3) is 0 Å². The van der Waals surface area contributed by atoms with Gasteiger partial charge in [0.05, 0.1) is 5.69 Å². The minimum absolute atomic E-state index is 0. The SMILES string of the molecule is Cl.O=C(CCCCNCCCc1ccccc1)c1cc2c3c(c1)CCN3C(=O)CC2. The van der Waals surface area contributed by atoms with Crippen LogP contribution in [0.3, 0.4) is 0 Å². The van der Waals surface area contributed by atoms with Gasteiger partial charge in [-0.15, -0.1) is 12.4 Å². The summed E-state index contributed by atoms with van der Waals surface area (Å²) in [6, 6.07) is 14.6. The van der Waals surface area contributed by atoms with Crippen LogP contribution >= 0.6 is 12.4 Å². The largest absolute Gasteiger partial charge is 0.317 e. The quantitative estimate of drug-likeness (QED) is 0.449. The van der Waals surface area contributed by atoms with Crippen LogP contribution in [0.2, 0.25) is 0 Å². The van der Waals surface area contributed by atoms with Crippen LogP contribution in [0.5, 0.6) is 0 Å². The first-order chi connectivity index (χ1) is 14.2. The molecular weight excluding hydrogens is 396 g/mol. The lowest BCUT2D eigenvalue weighted by Crippen LogP contribution is -2.32. The average molecular weight is 427 g/mol. The topological polar surface area (TPSA) is 49.4 Å². The lowest BCUT2D eigenvalue weighted by Gasteiger charge is -2.25. The number of hydrogen-bond acceptors (Lipinski definition) is 3. The van der Waals surface area contributed by atoms with E-state index in [0.29, 0.717) is 12.8 Å². The Morgan fingerprint density at radius 3 is 2.47 bits per heavy atom. The number of ketones is 1. The van der Waals surface area contributed by atoms with Crippen molar-refractivity contribution in [3.63, 3.8) is 0 Å². The van der Waals surface area contributed by atoms with Crippen LogP contribution < -0.4 is 10.2 Å². The maximum absolute atomic E-state index is 12.7. The molecule has 4 rings (SSSR count). The average Bonchev–Trinajstić information content (AvgIpc) is 3.18. The number of carbonyl (C=O) groups is 2. The van der Waals surface area contributed by atoms with Gasteiger partial charge in [-0.05, 0) is 80.4 Å². The van der Waals surface area contributed by atoms with Gasteiger partial charge in [0.2, 0.25) is 5.91 Å². The first-order valence-electron chi connectivity index (χ1n) is 11.0. The van der Waals surface area contributed by atoms with Crippen LogP contribution in [-0.4, -0.2) is 31.3 Å². The van der Waals surface area contributed by atoms with Crippen molar-refractivity contribution in [2.45, 2.75) is 51.4 Å². The molecule has 2 heterocycles. The number of nitrogens with one attached hydrogen (secondary N) is 1. The molecule has 2 aliphatic rings. The molecule has 0 atom stereocenters. The van der Waals surface area contributed by atoms with Crippen LogP contribution in [0.1, 0.15) is 59.2 Å². The molecule has 2 aromatic rings. The summed E-state index contributed by atoms with van der Waals surface area (Å²) >= 11 is 0. The fraction of sp³-hybridized carbons (Fsp3) is 0.440. The maximum Gasteiger partial charge on any atom is 0.227 e. The molecule has 0 fully saturated rings. The van der Waals surface area contributed by atoms with Gasteiger partial charge in [-0.1, -0.05) is 30.3 Å². The highest BCUT2D eigenvalue weighted by Gasteiger charge is 2.31. The fourth-order valence-electron chi connectivity index (χ4n) is 4.49. The highest BCUT2D eigenvalue weighted by molar-refractivity contribution is 6.02. The molecule has 0 saturated heterocycles. The standard InChI is InChI=1S/C25H30N2O2.ClH/c28-23(10-4-5-14-26-15-6-9-19-7-2-1-3-8-19)22-17-20-11-12-24(29)27-16-13-21(18-22)25(20)27;/h1-3,7-8,17-18,26H,4-6,9-16H2;1H. The normalized spacial score (nSPS) is 14.4. The number of anilines is 1. The molecule has 0 bridgehead atoms. The lowest BCUT2D eigenvalue weighted by atomic mass is 9.94. The number of rotatable bonds is 10. The van der Waals surface area contributed by atoms with Gasteiger partial charge >= 0.3 is 0 Å². The van der Waals surface area contributed by atoms with Gasteiger partial charge in [0, 0.05) is 24.9 Å². The van der Waals surface area contributed by atoms with E-state index in [4.69, 9.17) is 0 Å². The van der Waals surface area contributed by atoms with Gasteiger partial charge < -0.3 is 10.2 Å². The Morgan fingerprint density at radius 1 is 0.933 bits per heavy atom. The third-order valence-corrected chi connectivity index (χ3v) is 6.04. The van der Waals surface area contributed by atoms with Gasteiger partial charge in [-0.3, -0.25) is 9.59 Å². The molecule has 5 heteroatoms. The summed E-state index contributed by atoms with van der Waals surface area (Å²) in [4.78, 5) is 26.6. The Bertz CT molecular complexity index is 882. The number of unbranched alkanes of at least 4 members (excludes halogenated alkanes) is 1.